The minimum absolute atomic E-state index is 0.000602. The molecule has 1 saturated heterocycles. The van der Waals surface area contributed by atoms with Crippen molar-refractivity contribution in [1.82, 2.24) is 4.90 Å². The second-order valence-electron chi connectivity index (χ2n) is 4.43. The van der Waals surface area contributed by atoms with Crippen molar-refractivity contribution in [2.45, 2.75) is 19.8 Å². The van der Waals surface area contributed by atoms with Crippen LogP contribution in [0.25, 0.3) is 0 Å². The van der Waals surface area contributed by atoms with Crippen LogP contribution in [0.15, 0.2) is 16.7 Å². The highest BCUT2D eigenvalue weighted by Gasteiger charge is 2.26. The number of hydrogen-bond donors (Lipinski definition) is 1. The number of furan rings is 1. The molecule has 1 atom stereocenters. The van der Waals surface area contributed by atoms with E-state index in [1.165, 1.54) is 0 Å². The number of rotatable bonds is 2. The van der Waals surface area contributed by atoms with Crippen LogP contribution >= 0.6 is 0 Å². The molecule has 1 aromatic rings. The van der Waals surface area contributed by atoms with Crippen molar-refractivity contribution in [3.05, 3.63) is 23.7 Å². The molecule has 1 aliphatic rings. The number of amides is 1. The molecule has 1 aromatic heterocycles. The van der Waals surface area contributed by atoms with E-state index in [2.05, 4.69) is 0 Å². The Bertz CT molecular complexity index is 373. The molecule has 4 nitrogen and oxygen atoms in total. The SMILES string of the molecule is Cc1ccoc1C(=O)N1CCCC(CN)C1. The summed E-state index contributed by atoms with van der Waals surface area (Å²) < 4.78 is 5.23. The van der Waals surface area contributed by atoms with Gasteiger partial charge in [0.1, 0.15) is 0 Å². The van der Waals surface area contributed by atoms with Crippen molar-refractivity contribution < 1.29 is 9.21 Å². The van der Waals surface area contributed by atoms with Gasteiger partial charge in [-0.05, 0) is 38.3 Å². The van der Waals surface area contributed by atoms with Crippen LogP contribution in [0.3, 0.4) is 0 Å². The van der Waals surface area contributed by atoms with Gasteiger partial charge in [-0.1, -0.05) is 0 Å². The molecule has 0 aliphatic carbocycles. The van der Waals surface area contributed by atoms with Crippen LogP contribution in [0.1, 0.15) is 29.0 Å². The molecule has 1 aliphatic heterocycles. The summed E-state index contributed by atoms with van der Waals surface area (Å²) in [6.45, 7) is 4.12. The Morgan fingerprint density at radius 1 is 1.69 bits per heavy atom. The summed E-state index contributed by atoms with van der Waals surface area (Å²) >= 11 is 0. The van der Waals surface area contributed by atoms with Crippen LogP contribution in [-0.4, -0.2) is 30.4 Å². The van der Waals surface area contributed by atoms with E-state index in [9.17, 15) is 4.79 Å². The predicted molar refractivity (Wildman–Crippen MR) is 61.1 cm³/mol. The molecular formula is C12H18N2O2. The van der Waals surface area contributed by atoms with E-state index in [0.717, 1.165) is 31.5 Å². The number of likely N-dealkylation sites (tertiary alicyclic amines) is 1. The Hall–Kier alpha value is -1.29. The van der Waals surface area contributed by atoms with Gasteiger partial charge < -0.3 is 15.1 Å². The molecule has 1 fully saturated rings. The first kappa shape index (κ1) is 11.2. The maximum absolute atomic E-state index is 12.1. The molecule has 0 aromatic carbocycles. The number of piperidine rings is 1. The van der Waals surface area contributed by atoms with Gasteiger partial charge in [-0.15, -0.1) is 0 Å². The first-order valence-corrected chi connectivity index (χ1v) is 5.76. The van der Waals surface area contributed by atoms with Gasteiger partial charge in [0.05, 0.1) is 6.26 Å². The zero-order valence-electron chi connectivity index (χ0n) is 9.61. The molecule has 0 bridgehead atoms. The summed E-state index contributed by atoms with van der Waals surface area (Å²) in [7, 11) is 0. The average Bonchev–Trinajstić information content (AvgIpc) is 2.74. The zero-order chi connectivity index (χ0) is 11.5. The molecule has 88 valence electrons. The van der Waals surface area contributed by atoms with Crippen molar-refractivity contribution >= 4 is 5.91 Å². The molecule has 2 heterocycles. The lowest BCUT2D eigenvalue weighted by Gasteiger charge is -2.31. The van der Waals surface area contributed by atoms with Crippen molar-refractivity contribution in [3.8, 4) is 0 Å². The highest BCUT2D eigenvalue weighted by Crippen LogP contribution is 2.19. The van der Waals surface area contributed by atoms with Gasteiger partial charge in [0, 0.05) is 18.7 Å². The molecule has 0 saturated carbocycles. The van der Waals surface area contributed by atoms with Gasteiger partial charge >= 0.3 is 0 Å². The number of hydrogen-bond acceptors (Lipinski definition) is 3. The van der Waals surface area contributed by atoms with Crippen LogP contribution in [0.2, 0.25) is 0 Å². The average molecular weight is 222 g/mol. The van der Waals surface area contributed by atoms with E-state index in [4.69, 9.17) is 10.2 Å². The van der Waals surface area contributed by atoms with E-state index in [0.29, 0.717) is 18.2 Å². The fourth-order valence-electron chi connectivity index (χ4n) is 2.18. The summed E-state index contributed by atoms with van der Waals surface area (Å²) in [6, 6.07) is 1.82. The highest BCUT2D eigenvalue weighted by molar-refractivity contribution is 5.92. The second-order valence-corrected chi connectivity index (χ2v) is 4.43. The minimum Gasteiger partial charge on any atom is -0.459 e. The summed E-state index contributed by atoms with van der Waals surface area (Å²) in [5, 5.41) is 0. The van der Waals surface area contributed by atoms with Crippen molar-refractivity contribution in [2.24, 2.45) is 11.7 Å². The minimum atomic E-state index is 0.000602. The molecular weight excluding hydrogens is 204 g/mol. The lowest BCUT2D eigenvalue weighted by atomic mass is 9.98. The van der Waals surface area contributed by atoms with E-state index < -0.39 is 0 Å². The second kappa shape index (κ2) is 4.70. The monoisotopic (exact) mass is 222 g/mol. The number of carbonyl (C=O) groups excluding carboxylic acids is 1. The maximum atomic E-state index is 12.1. The molecule has 4 heteroatoms. The lowest BCUT2D eigenvalue weighted by Crippen LogP contribution is -2.42. The first-order valence-electron chi connectivity index (χ1n) is 5.76. The third-order valence-electron chi connectivity index (χ3n) is 3.20. The third kappa shape index (κ3) is 2.11. The van der Waals surface area contributed by atoms with Gasteiger partial charge in [-0.25, -0.2) is 0 Å². The molecule has 0 radical (unpaired) electrons. The summed E-state index contributed by atoms with van der Waals surface area (Å²) in [4.78, 5) is 14.0. The highest BCUT2D eigenvalue weighted by atomic mass is 16.3. The zero-order valence-corrected chi connectivity index (χ0v) is 9.61. The van der Waals surface area contributed by atoms with Gasteiger partial charge in [-0.3, -0.25) is 4.79 Å². The molecule has 16 heavy (non-hydrogen) atoms. The van der Waals surface area contributed by atoms with Gasteiger partial charge in [-0.2, -0.15) is 0 Å². The Morgan fingerprint density at radius 3 is 3.12 bits per heavy atom. The van der Waals surface area contributed by atoms with E-state index in [-0.39, 0.29) is 5.91 Å². The Balaban J connectivity index is 2.07. The smallest absolute Gasteiger partial charge is 0.289 e. The number of aryl methyl sites for hydroxylation is 1. The molecule has 1 unspecified atom stereocenters. The fourth-order valence-corrected chi connectivity index (χ4v) is 2.18. The predicted octanol–water partition coefficient (Wildman–Crippen LogP) is 1.40. The van der Waals surface area contributed by atoms with Crippen LogP contribution in [-0.2, 0) is 0 Å². The molecule has 0 spiro atoms. The van der Waals surface area contributed by atoms with Crippen molar-refractivity contribution in [3.63, 3.8) is 0 Å². The van der Waals surface area contributed by atoms with Crippen molar-refractivity contribution in [1.29, 1.82) is 0 Å². The normalized spacial score (nSPS) is 21.1. The Morgan fingerprint density at radius 2 is 2.50 bits per heavy atom. The van der Waals surface area contributed by atoms with E-state index >= 15 is 0 Å². The van der Waals surface area contributed by atoms with Crippen LogP contribution in [0, 0.1) is 12.8 Å². The van der Waals surface area contributed by atoms with Crippen LogP contribution < -0.4 is 5.73 Å². The van der Waals surface area contributed by atoms with Gasteiger partial charge in [0.2, 0.25) is 0 Å². The summed E-state index contributed by atoms with van der Waals surface area (Å²) in [5.74, 6) is 0.909. The summed E-state index contributed by atoms with van der Waals surface area (Å²) in [6.07, 6.45) is 3.72. The topological polar surface area (TPSA) is 59.5 Å². The van der Waals surface area contributed by atoms with Gasteiger partial charge in [0.25, 0.3) is 5.91 Å². The molecule has 2 N–H and O–H groups in total. The fraction of sp³-hybridized carbons (Fsp3) is 0.583. The summed E-state index contributed by atoms with van der Waals surface area (Å²) in [5.41, 5.74) is 6.56. The number of carbonyl (C=O) groups is 1. The quantitative estimate of drug-likeness (QED) is 0.822. The Kier molecular flexibility index (Phi) is 3.29. The lowest BCUT2D eigenvalue weighted by molar-refractivity contribution is 0.0645. The van der Waals surface area contributed by atoms with Crippen molar-refractivity contribution in [2.75, 3.05) is 19.6 Å². The molecule has 2 rings (SSSR count). The largest absolute Gasteiger partial charge is 0.459 e. The van der Waals surface area contributed by atoms with Gasteiger partial charge in [0.15, 0.2) is 5.76 Å². The first-order chi connectivity index (χ1) is 7.72. The van der Waals surface area contributed by atoms with Crippen LogP contribution in [0.4, 0.5) is 0 Å². The number of nitrogens with zero attached hydrogens (tertiary/aromatic N) is 1. The third-order valence-corrected chi connectivity index (χ3v) is 3.20. The molecule has 1 amide bonds. The standard InChI is InChI=1S/C12H18N2O2/c1-9-4-6-16-11(9)12(15)14-5-2-3-10(7-13)8-14/h4,6,10H,2-3,5,7-8,13H2,1H3. The maximum Gasteiger partial charge on any atom is 0.289 e. The van der Waals surface area contributed by atoms with Crippen LogP contribution in [0.5, 0.6) is 0 Å². The van der Waals surface area contributed by atoms with E-state index in [1.807, 2.05) is 17.9 Å². The Labute approximate surface area is 95.4 Å². The number of nitrogens with two attached hydrogens (primary N) is 1. The van der Waals surface area contributed by atoms with E-state index in [1.54, 1.807) is 6.26 Å².